The predicted molar refractivity (Wildman–Crippen MR) is 71.6 cm³/mol. The molecule has 0 spiro atoms. The van der Waals surface area contributed by atoms with Gasteiger partial charge in [-0.05, 0) is 30.7 Å². The number of nitrogens with zero attached hydrogens (tertiary/aromatic N) is 2. The molecule has 20 heavy (non-hydrogen) atoms. The van der Waals surface area contributed by atoms with Crippen molar-refractivity contribution >= 4 is 11.3 Å². The fraction of sp³-hybridized carbons (Fsp3) is 0.385. The van der Waals surface area contributed by atoms with Crippen LogP contribution in [-0.2, 0) is 6.18 Å². The van der Waals surface area contributed by atoms with Gasteiger partial charge in [-0.1, -0.05) is 6.92 Å². The monoisotopic (exact) mass is 301 g/mol. The standard InChI is InChI=1S/C13H14F3N3S/c1-3-18-11(9-6-17-5-4-8(9)2)10-7-19-12(20-10)13(14,15)16/h4-7,11,18H,3H2,1-2H3. The Balaban J connectivity index is 2.39. The zero-order valence-corrected chi connectivity index (χ0v) is 11.8. The van der Waals surface area contributed by atoms with E-state index in [-0.39, 0.29) is 6.04 Å². The Morgan fingerprint density at radius 3 is 2.65 bits per heavy atom. The lowest BCUT2D eigenvalue weighted by Gasteiger charge is -2.18. The highest BCUT2D eigenvalue weighted by atomic mass is 32.1. The predicted octanol–water partition coefficient (Wildman–Crippen LogP) is 3.56. The van der Waals surface area contributed by atoms with E-state index >= 15 is 0 Å². The normalized spacial score (nSPS) is 13.4. The Morgan fingerprint density at radius 1 is 1.35 bits per heavy atom. The summed E-state index contributed by atoms with van der Waals surface area (Å²) in [7, 11) is 0. The first-order valence-electron chi connectivity index (χ1n) is 6.10. The third-order valence-corrected chi connectivity index (χ3v) is 3.96. The van der Waals surface area contributed by atoms with Crippen LogP contribution in [0.3, 0.4) is 0 Å². The van der Waals surface area contributed by atoms with Crippen molar-refractivity contribution in [1.82, 2.24) is 15.3 Å². The van der Waals surface area contributed by atoms with Gasteiger partial charge < -0.3 is 5.32 Å². The van der Waals surface area contributed by atoms with Crippen LogP contribution in [0.1, 0.15) is 34.0 Å². The Kier molecular flexibility index (Phi) is 4.39. The summed E-state index contributed by atoms with van der Waals surface area (Å²) in [5, 5.41) is 2.36. The van der Waals surface area contributed by atoms with E-state index in [1.807, 2.05) is 19.9 Å². The quantitative estimate of drug-likeness (QED) is 0.938. The van der Waals surface area contributed by atoms with Gasteiger partial charge >= 0.3 is 6.18 Å². The second-order valence-electron chi connectivity index (χ2n) is 4.29. The molecule has 0 aliphatic carbocycles. The minimum absolute atomic E-state index is 0.317. The summed E-state index contributed by atoms with van der Waals surface area (Å²) in [6.45, 7) is 4.45. The molecule has 1 N–H and O–H groups in total. The highest BCUT2D eigenvalue weighted by molar-refractivity contribution is 7.11. The SMILES string of the molecule is CCNC(c1cnc(C(F)(F)F)s1)c1cnccc1C. The number of alkyl halides is 3. The molecule has 0 radical (unpaired) electrons. The van der Waals surface area contributed by atoms with E-state index < -0.39 is 11.2 Å². The number of rotatable bonds is 4. The number of aromatic nitrogens is 2. The first-order chi connectivity index (χ1) is 9.43. The van der Waals surface area contributed by atoms with Crippen LogP contribution in [0.4, 0.5) is 13.2 Å². The number of nitrogens with one attached hydrogen (secondary N) is 1. The molecule has 2 heterocycles. The van der Waals surface area contributed by atoms with Crippen molar-refractivity contribution in [3.63, 3.8) is 0 Å². The largest absolute Gasteiger partial charge is 0.443 e. The van der Waals surface area contributed by atoms with Gasteiger partial charge in [0.15, 0.2) is 5.01 Å². The maximum atomic E-state index is 12.6. The Labute approximate surface area is 118 Å². The summed E-state index contributed by atoms with van der Waals surface area (Å²) < 4.78 is 37.9. The van der Waals surface area contributed by atoms with Gasteiger partial charge in [0.05, 0.1) is 6.04 Å². The van der Waals surface area contributed by atoms with E-state index in [0.29, 0.717) is 22.8 Å². The van der Waals surface area contributed by atoms with Gasteiger partial charge in [-0.25, -0.2) is 4.98 Å². The molecule has 2 rings (SSSR count). The van der Waals surface area contributed by atoms with E-state index in [1.165, 1.54) is 6.20 Å². The van der Waals surface area contributed by atoms with Gasteiger partial charge in [0.1, 0.15) is 0 Å². The molecule has 0 saturated heterocycles. The molecule has 2 aromatic heterocycles. The molecule has 0 saturated carbocycles. The third kappa shape index (κ3) is 3.16. The summed E-state index contributed by atoms with van der Waals surface area (Å²) in [5.41, 5.74) is 1.85. The van der Waals surface area contributed by atoms with Crippen molar-refractivity contribution in [3.05, 3.63) is 45.7 Å². The van der Waals surface area contributed by atoms with Gasteiger partial charge in [-0.3, -0.25) is 4.98 Å². The molecule has 0 aliphatic rings. The molecule has 2 aromatic rings. The van der Waals surface area contributed by atoms with Gasteiger partial charge in [0, 0.05) is 23.5 Å². The molecule has 0 amide bonds. The van der Waals surface area contributed by atoms with Crippen molar-refractivity contribution in [2.45, 2.75) is 26.1 Å². The zero-order valence-electron chi connectivity index (χ0n) is 11.0. The highest BCUT2D eigenvalue weighted by Gasteiger charge is 2.35. The van der Waals surface area contributed by atoms with Crippen LogP contribution >= 0.6 is 11.3 Å². The number of pyridine rings is 1. The van der Waals surface area contributed by atoms with E-state index in [4.69, 9.17) is 0 Å². The molecule has 7 heteroatoms. The van der Waals surface area contributed by atoms with Crippen molar-refractivity contribution < 1.29 is 13.2 Å². The van der Waals surface area contributed by atoms with Crippen molar-refractivity contribution in [2.24, 2.45) is 0 Å². The minimum atomic E-state index is -4.40. The summed E-state index contributed by atoms with van der Waals surface area (Å²) in [5.74, 6) is 0. The second-order valence-corrected chi connectivity index (χ2v) is 5.35. The lowest BCUT2D eigenvalue weighted by Crippen LogP contribution is -2.22. The van der Waals surface area contributed by atoms with E-state index in [2.05, 4.69) is 15.3 Å². The number of aryl methyl sites for hydroxylation is 1. The number of halogens is 3. The van der Waals surface area contributed by atoms with E-state index in [1.54, 1.807) is 12.4 Å². The van der Waals surface area contributed by atoms with Crippen LogP contribution in [0.15, 0.2) is 24.7 Å². The second kappa shape index (κ2) is 5.88. The van der Waals surface area contributed by atoms with Crippen LogP contribution in [0, 0.1) is 6.92 Å². The van der Waals surface area contributed by atoms with Crippen molar-refractivity contribution in [3.8, 4) is 0 Å². The lowest BCUT2D eigenvalue weighted by molar-refractivity contribution is -0.137. The average molecular weight is 301 g/mol. The van der Waals surface area contributed by atoms with Gasteiger partial charge in [0.2, 0.25) is 0 Å². The first kappa shape index (κ1) is 14.9. The van der Waals surface area contributed by atoms with E-state index in [0.717, 1.165) is 11.1 Å². The zero-order chi connectivity index (χ0) is 14.8. The molecule has 0 fully saturated rings. The molecule has 3 nitrogen and oxygen atoms in total. The molecule has 0 aliphatic heterocycles. The maximum Gasteiger partial charge on any atom is 0.443 e. The molecular formula is C13H14F3N3S. The Hall–Kier alpha value is -1.47. The molecule has 108 valence electrons. The molecule has 1 unspecified atom stereocenters. The topological polar surface area (TPSA) is 37.8 Å². The van der Waals surface area contributed by atoms with Crippen LogP contribution in [0.2, 0.25) is 0 Å². The number of hydrogen-bond acceptors (Lipinski definition) is 4. The molecule has 0 aromatic carbocycles. The summed E-state index contributed by atoms with van der Waals surface area (Å²) in [6, 6.07) is 1.52. The Morgan fingerprint density at radius 2 is 2.10 bits per heavy atom. The van der Waals surface area contributed by atoms with Crippen molar-refractivity contribution in [2.75, 3.05) is 6.54 Å². The summed E-state index contributed by atoms with van der Waals surface area (Å²) >= 11 is 0.665. The molecule has 0 bridgehead atoms. The van der Waals surface area contributed by atoms with Crippen LogP contribution in [0.25, 0.3) is 0 Å². The van der Waals surface area contributed by atoms with Gasteiger partial charge in [0.25, 0.3) is 0 Å². The molecule has 1 atom stereocenters. The highest BCUT2D eigenvalue weighted by Crippen LogP contribution is 2.36. The smallest absolute Gasteiger partial charge is 0.306 e. The molecular weight excluding hydrogens is 287 g/mol. The summed E-state index contributed by atoms with van der Waals surface area (Å²) in [4.78, 5) is 8.07. The fourth-order valence-electron chi connectivity index (χ4n) is 1.90. The Bertz CT molecular complexity index is 580. The van der Waals surface area contributed by atoms with Gasteiger partial charge in [-0.15, -0.1) is 11.3 Å². The maximum absolute atomic E-state index is 12.6. The number of hydrogen-bond donors (Lipinski definition) is 1. The van der Waals surface area contributed by atoms with Crippen LogP contribution in [-0.4, -0.2) is 16.5 Å². The van der Waals surface area contributed by atoms with Gasteiger partial charge in [-0.2, -0.15) is 13.2 Å². The third-order valence-electron chi connectivity index (χ3n) is 2.85. The first-order valence-corrected chi connectivity index (χ1v) is 6.92. The lowest BCUT2D eigenvalue weighted by atomic mass is 10.0. The van der Waals surface area contributed by atoms with Crippen molar-refractivity contribution in [1.29, 1.82) is 0 Å². The van der Waals surface area contributed by atoms with Crippen LogP contribution < -0.4 is 5.32 Å². The van der Waals surface area contributed by atoms with Crippen LogP contribution in [0.5, 0.6) is 0 Å². The minimum Gasteiger partial charge on any atom is -0.306 e. The number of thiazole rings is 1. The fourth-order valence-corrected chi connectivity index (χ4v) is 2.78. The van der Waals surface area contributed by atoms with E-state index in [9.17, 15) is 13.2 Å². The summed E-state index contributed by atoms with van der Waals surface area (Å²) in [6.07, 6.45) is 0.224. The average Bonchev–Trinajstić information content (AvgIpc) is 2.86.